The molecule has 44 heteroatoms. The summed E-state index contributed by atoms with van der Waals surface area (Å²) in [7, 11) is 1.75. The lowest BCUT2D eigenvalue weighted by atomic mass is 9.85. The average Bonchev–Trinajstić information content (AvgIpc) is 0.746. The van der Waals surface area contributed by atoms with Crippen molar-refractivity contribution in [1.82, 2.24) is 63.8 Å². The van der Waals surface area contributed by atoms with E-state index in [1.807, 2.05) is 5.32 Å². The predicted molar refractivity (Wildman–Crippen MR) is 448 cm³/mol. The van der Waals surface area contributed by atoms with Gasteiger partial charge in [0.15, 0.2) is 16.5 Å². The topological polar surface area (TPSA) is 677 Å². The quantitative estimate of drug-likeness (QED) is 0.00349. The number of nitrogens with two attached hydrogens (primary N) is 2. The largest absolute Gasteiger partial charge is 0.508 e. The van der Waals surface area contributed by atoms with Crippen LogP contribution in [0.4, 0.5) is 28.4 Å². The number of primary amides is 1. The number of aliphatic carboxylic acids is 1. The van der Waals surface area contributed by atoms with E-state index in [-0.39, 0.29) is 134 Å². The number of carbonyl (C=O) groups excluding carboxylic acids is 11. The van der Waals surface area contributed by atoms with Crippen LogP contribution in [0, 0.1) is 21.4 Å². The van der Waals surface area contributed by atoms with E-state index in [9.17, 15) is 103 Å². The zero-order valence-corrected chi connectivity index (χ0v) is 68.2. The molecule has 1 fully saturated rings. The molecule has 123 heavy (non-hydrogen) atoms. The van der Waals surface area contributed by atoms with E-state index in [0.717, 1.165) is 19.5 Å². The molecule has 0 aromatic heterocycles. The number of carboxylic acid groups (broad SMARTS) is 2. The maximum absolute atomic E-state index is 14.6. The fourth-order valence-electron chi connectivity index (χ4n) is 12.9. The van der Waals surface area contributed by atoms with Crippen LogP contribution in [0.3, 0.4) is 0 Å². The number of azo groups is 1. The normalized spacial score (nSPS) is 15.2. The number of phenolic OH excluding ortho intramolecular Hbond substituents is 1. The molecule has 0 saturated heterocycles. The first-order valence-corrected chi connectivity index (χ1v) is 39.4. The van der Waals surface area contributed by atoms with Gasteiger partial charge in [-0.15, -0.1) is 0 Å². The third kappa shape index (κ3) is 30.1. The molecule has 4 aromatic rings. The van der Waals surface area contributed by atoms with Gasteiger partial charge in [0.25, 0.3) is 5.69 Å². The van der Waals surface area contributed by atoms with Gasteiger partial charge in [0.1, 0.15) is 65.9 Å². The van der Waals surface area contributed by atoms with Crippen LogP contribution in [0.1, 0.15) is 108 Å². The summed E-state index contributed by atoms with van der Waals surface area (Å²) in [5, 5.41) is 122. The molecule has 4 aromatic carbocycles. The number of carbonyl (C=O) groups is 13. The molecule has 1 aliphatic heterocycles. The van der Waals surface area contributed by atoms with Crippen LogP contribution in [0.15, 0.2) is 123 Å². The Morgan fingerprint density at radius 3 is 1.80 bits per heavy atom. The molecular weight excluding hydrogens is 1630 g/mol. The summed E-state index contributed by atoms with van der Waals surface area (Å²) in [6.45, 7) is 0.890. The number of aliphatic hydroxyl groups is 3. The molecule has 1 saturated carbocycles. The van der Waals surface area contributed by atoms with Gasteiger partial charge in [-0.1, -0.05) is 6.07 Å². The van der Waals surface area contributed by atoms with E-state index < -0.39 is 168 Å². The molecule has 0 radical (unpaired) electrons. The van der Waals surface area contributed by atoms with Crippen molar-refractivity contribution in [3.8, 4) is 28.2 Å². The summed E-state index contributed by atoms with van der Waals surface area (Å²) in [5.41, 5.74) is 13.6. The second-order valence-electron chi connectivity index (χ2n) is 29.0. The standard InChI is InChI=1S/C79H100N20O23S/c1-40(87-76(117)68(42(3)102)95-73(114)58(28-29-62(80)105)91-70(111)43-10-12-44(13-11-43)88-79(123)89-47-18-25-52(55(34-47)77(118)119)66-53-26-23-50(103)35-60(53)122-61-36-51(104)24-27-54(61)66)69(110)90-57(9-7-32-84-78(81)82)71(112)92-56(72(113)93-59(39-100)74(115)94-67(41(2)101)75(116)86-37-64(107)85-38-65(108)109)8-5-6-31-83-63(106)30-33-98(4)48-19-14-45(15-20-48)96-97-46-16-21-49(22-17-46)99(120)121/h14-27,34-36,40-44,56-59,67-68,100-103H,5-13,28-33,37-39H2,1-4H3,(H2,80,105)(H,83,106)(H,85,107)(H,86,116)(H,87,117)(H,90,110)(H,91,111)(H,92,112)(H,93,113)(H,94,115)(H,95,114)(H,108,109)(H,118,119)(H4,81,82,84)(H2,88,89,123)/t40-,41+,42+,43?,44?,56-,57-,58-,59-,67-,68-/m0/s1. The predicted octanol–water partition coefficient (Wildman–Crippen LogP) is -0.0364. The zero-order chi connectivity index (χ0) is 90.3. The minimum Gasteiger partial charge on any atom is -0.508 e. The van der Waals surface area contributed by atoms with Crippen molar-refractivity contribution >= 4 is 140 Å². The molecule has 2 aliphatic carbocycles. The number of non-ortho nitro benzene ring substituents is 1. The van der Waals surface area contributed by atoms with Crippen molar-refractivity contribution in [2.75, 3.05) is 56.6 Å². The molecule has 1 heterocycles. The Morgan fingerprint density at radius 1 is 0.618 bits per heavy atom. The van der Waals surface area contributed by atoms with E-state index in [1.54, 1.807) is 54.4 Å². The summed E-state index contributed by atoms with van der Waals surface area (Å²) in [4.78, 5) is 198. The minimum absolute atomic E-state index is 0.00483. The number of hydrogen-bond donors (Lipinski definition) is 22. The van der Waals surface area contributed by atoms with Crippen molar-refractivity contribution in [3.05, 3.63) is 129 Å². The third-order valence-corrected chi connectivity index (χ3v) is 19.8. The minimum atomic E-state index is -1.91. The molecule has 0 unspecified atom stereocenters. The van der Waals surface area contributed by atoms with E-state index in [1.165, 1.54) is 67.6 Å². The molecule has 660 valence electrons. The van der Waals surface area contributed by atoms with Crippen molar-refractivity contribution < 1.29 is 102 Å². The van der Waals surface area contributed by atoms with Gasteiger partial charge < -0.3 is 121 Å². The maximum atomic E-state index is 14.6. The average molecular weight is 1730 g/mol. The van der Waals surface area contributed by atoms with Crippen molar-refractivity contribution in [2.24, 2.45) is 27.6 Å². The van der Waals surface area contributed by atoms with Crippen LogP contribution in [0.5, 0.6) is 5.75 Å². The monoisotopic (exact) mass is 1730 g/mol. The number of rotatable bonds is 45. The van der Waals surface area contributed by atoms with Crippen LogP contribution in [-0.2, 0) is 57.5 Å². The summed E-state index contributed by atoms with van der Waals surface area (Å²) >= 11 is 5.64. The van der Waals surface area contributed by atoms with E-state index in [0.29, 0.717) is 46.4 Å². The summed E-state index contributed by atoms with van der Waals surface area (Å²) in [5.74, 6) is -14.4. The number of carboxylic acids is 2. The molecule has 43 nitrogen and oxygen atoms in total. The second-order valence-corrected chi connectivity index (χ2v) is 29.4. The number of benzene rings is 5. The summed E-state index contributed by atoms with van der Waals surface area (Å²) in [6, 6.07) is 13.1. The first-order valence-electron chi connectivity index (χ1n) is 39.0. The molecule has 24 N–H and O–H groups in total. The van der Waals surface area contributed by atoms with E-state index in [4.69, 9.17) is 38.6 Å². The highest BCUT2D eigenvalue weighted by molar-refractivity contribution is 7.80. The molecule has 3 aliphatic rings. The van der Waals surface area contributed by atoms with Gasteiger partial charge in [0, 0.05) is 104 Å². The van der Waals surface area contributed by atoms with Crippen molar-refractivity contribution in [2.45, 2.75) is 158 Å². The number of nitro groups is 1. The number of aromatic carboxylic acids is 1. The Hall–Kier alpha value is -13.9. The fourth-order valence-corrected chi connectivity index (χ4v) is 13.2. The highest BCUT2D eigenvalue weighted by atomic mass is 32.1. The number of aliphatic hydroxyl groups excluding tert-OH is 3. The van der Waals surface area contributed by atoms with Crippen LogP contribution in [0.25, 0.3) is 33.4 Å². The lowest BCUT2D eigenvalue weighted by Gasteiger charge is -2.31. The molecule has 7 rings (SSSR count). The Labute approximate surface area is 707 Å². The summed E-state index contributed by atoms with van der Waals surface area (Å²) in [6.07, 6.45) is -3.22. The lowest BCUT2D eigenvalue weighted by Crippen LogP contribution is -2.61. The number of fused-ring (bicyclic) bond motifs is 2. The Morgan fingerprint density at radius 2 is 1.20 bits per heavy atom. The number of nitrogens with zero attached hydrogens (tertiary/aromatic N) is 4. The molecular formula is C79H100N20O23S. The van der Waals surface area contributed by atoms with Gasteiger partial charge in [-0.05, 0) is 176 Å². The number of amides is 11. The van der Waals surface area contributed by atoms with Crippen LogP contribution < -0.4 is 90.9 Å². The van der Waals surface area contributed by atoms with Gasteiger partial charge in [-0.3, -0.25) is 77.9 Å². The number of hydrogen-bond acceptors (Lipinski definition) is 26. The highest BCUT2D eigenvalue weighted by Gasteiger charge is 2.37. The second kappa shape index (κ2) is 46.6. The van der Waals surface area contributed by atoms with Gasteiger partial charge in [0.2, 0.25) is 65.0 Å². The van der Waals surface area contributed by atoms with Crippen LogP contribution >= 0.6 is 12.2 Å². The van der Waals surface area contributed by atoms with Crippen molar-refractivity contribution in [1.29, 1.82) is 5.41 Å². The first kappa shape index (κ1) is 96.3. The van der Waals surface area contributed by atoms with Gasteiger partial charge in [-0.25, -0.2) is 4.79 Å². The maximum Gasteiger partial charge on any atom is 0.336 e. The van der Waals surface area contributed by atoms with E-state index >= 15 is 0 Å². The third-order valence-electron chi connectivity index (χ3n) is 19.6. The Bertz CT molecular complexity index is 4910. The van der Waals surface area contributed by atoms with Gasteiger partial charge in [0.05, 0.1) is 47.2 Å². The number of phenols is 1. The van der Waals surface area contributed by atoms with Crippen LogP contribution in [-0.4, -0.2) is 230 Å². The molecule has 9 atom stereocenters. The van der Waals surface area contributed by atoms with Gasteiger partial charge in [-0.2, -0.15) is 10.2 Å². The number of guanidine groups is 1. The fraction of sp³-hybridized carbons (Fsp3) is 0.418. The van der Waals surface area contributed by atoms with Gasteiger partial charge >= 0.3 is 11.9 Å². The number of unbranched alkanes of at least 4 members (excludes halogenated alkanes) is 1. The molecule has 0 bridgehead atoms. The Kier molecular flexibility index (Phi) is 36.5. The SMILES string of the molecule is C[C@H](NC(=O)[C@@H](NC(=O)[C@H](CCC(N)=O)NC(=O)C1CCC(NC(=S)Nc2ccc(-c3c4ccc(=O)cc-4oc4cc(O)ccc34)c(C(=O)O)c2)CC1)[C@@H](C)O)C(=O)N[C@@H](CCCNC(=N)N)C(=O)N[C@@H](CCCCNC(=O)CCN(C)c1ccc(N=Nc2ccc([N+](=O)[O-])cc2)cc1)C(=O)N[C@@H](CO)C(=O)N[C@H](C(=O)NCC(=O)NCC(=O)O)[C@@H](C)O. The first-order chi connectivity index (χ1) is 58.4. The highest BCUT2D eigenvalue weighted by Crippen LogP contribution is 2.43. The lowest BCUT2D eigenvalue weighted by molar-refractivity contribution is -0.384. The molecule has 0 spiro atoms. The molecule has 11 amide bonds. The van der Waals surface area contributed by atoms with Crippen LogP contribution in [0.2, 0.25) is 0 Å². The number of thiocarbonyl (C=S) groups is 1. The smallest absolute Gasteiger partial charge is 0.336 e. The number of anilines is 2. The Balaban J connectivity index is 0.969. The van der Waals surface area contributed by atoms with Crippen molar-refractivity contribution in [3.63, 3.8) is 0 Å². The number of aromatic hydroxyl groups is 1. The van der Waals surface area contributed by atoms with E-state index in [2.05, 4.69) is 74.0 Å². The number of nitro benzene ring substituents is 1. The number of nitrogens with one attached hydrogen (secondary N) is 14. The summed E-state index contributed by atoms with van der Waals surface area (Å²) < 4.78 is 5.93. The zero-order valence-electron chi connectivity index (χ0n) is 67.4.